The van der Waals surface area contributed by atoms with Gasteiger partial charge in [0.25, 0.3) is 0 Å². The van der Waals surface area contributed by atoms with Gasteiger partial charge < -0.3 is 5.32 Å². The Morgan fingerprint density at radius 1 is 1.00 bits per heavy atom. The van der Waals surface area contributed by atoms with Crippen LogP contribution in [0.3, 0.4) is 0 Å². The Hall–Kier alpha value is -1.67. The second-order valence-electron chi connectivity index (χ2n) is 6.33. The average molecular weight is 285 g/mol. The molecule has 1 unspecified atom stereocenters. The van der Waals surface area contributed by atoms with Crippen molar-refractivity contribution >= 4 is 0 Å². The highest BCUT2D eigenvalue weighted by Gasteiger charge is 2.20. The second-order valence-corrected chi connectivity index (χ2v) is 6.33. The molecule has 0 spiro atoms. The van der Waals surface area contributed by atoms with Crippen molar-refractivity contribution in [1.29, 1.82) is 0 Å². The lowest BCUT2D eigenvalue weighted by atomic mass is 9.84. The van der Waals surface area contributed by atoms with Gasteiger partial charge in [-0.3, -0.25) is 0 Å². The molecule has 0 bridgehead atoms. The molecular formula is C19H24FN. The Kier molecular flexibility index (Phi) is 5.13. The van der Waals surface area contributed by atoms with Crippen LogP contribution in [0.4, 0.5) is 4.39 Å². The van der Waals surface area contributed by atoms with E-state index in [0.29, 0.717) is 6.42 Å². The lowest BCUT2D eigenvalue weighted by Crippen LogP contribution is -2.39. The smallest absolute Gasteiger partial charge is 0.126 e. The van der Waals surface area contributed by atoms with E-state index in [-0.39, 0.29) is 17.3 Å². The number of rotatable bonds is 6. The third-order valence-corrected chi connectivity index (χ3v) is 3.93. The summed E-state index contributed by atoms with van der Waals surface area (Å²) in [4.78, 5) is 0. The minimum Gasteiger partial charge on any atom is -0.313 e. The summed E-state index contributed by atoms with van der Waals surface area (Å²) >= 11 is 0. The number of hydrogen-bond donors (Lipinski definition) is 1. The first kappa shape index (κ1) is 15.7. The molecule has 21 heavy (non-hydrogen) atoms. The maximum atomic E-state index is 13.7. The van der Waals surface area contributed by atoms with Crippen molar-refractivity contribution in [1.82, 2.24) is 5.32 Å². The van der Waals surface area contributed by atoms with Gasteiger partial charge >= 0.3 is 0 Å². The molecule has 0 aliphatic rings. The van der Waals surface area contributed by atoms with Gasteiger partial charge in [0.05, 0.1) is 0 Å². The predicted molar refractivity (Wildman–Crippen MR) is 87.0 cm³/mol. The summed E-state index contributed by atoms with van der Waals surface area (Å²) in [6, 6.07) is 17.7. The van der Waals surface area contributed by atoms with E-state index >= 15 is 0 Å². The molecule has 1 N–H and O–H groups in total. The topological polar surface area (TPSA) is 12.0 Å². The van der Waals surface area contributed by atoms with Crippen molar-refractivity contribution in [2.75, 3.05) is 6.54 Å². The van der Waals surface area contributed by atoms with Crippen molar-refractivity contribution in [3.63, 3.8) is 0 Å². The molecule has 0 saturated carbocycles. The van der Waals surface area contributed by atoms with Crippen LogP contribution < -0.4 is 5.32 Å². The van der Waals surface area contributed by atoms with Gasteiger partial charge in [0, 0.05) is 18.0 Å². The Bertz CT molecular complexity index is 563. The molecule has 112 valence electrons. The lowest BCUT2D eigenvalue weighted by Gasteiger charge is -2.28. The molecule has 1 nitrogen and oxygen atoms in total. The van der Waals surface area contributed by atoms with E-state index in [9.17, 15) is 4.39 Å². The third kappa shape index (κ3) is 4.40. The van der Waals surface area contributed by atoms with Crippen molar-refractivity contribution in [3.8, 4) is 0 Å². The fourth-order valence-electron chi connectivity index (χ4n) is 2.49. The van der Waals surface area contributed by atoms with Gasteiger partial charge in [0.15, 0.2) is 0 Å². The molecule has 0 fully saturated rings. The highest BCUT2D eigenvalue weighted by atomic mass is 19.1. The van der Waals surface area contributed by atoms with E-state index in [2.05, 4.69) is 50.4 Å². The molecule has 2 rings (SSSR count). The Balaban J connectivity index is 1.92. The van der Waals surface area contributed by atoms with Crippen LogP contribution in [-0.2, 0) is 11.8 Å². The fourth-order valence-corrected chi connectivity index (χ4v) is 2.49. The summed E-state index contributed by atoms with van der Waals surface area (Å²) in [6.07, 6.45) is 0.706. The molecule has 0 amide bonds. The van der Waals surface area contributed by atoms with Crippen LogP contribution in [-0.4, -0.2) is 12.6 Å². The predicted octanol–water partition coefficient (Wildman–Crippen LogP) is 4.32. The molecule has 0 aromatic heterocycles. The molecule has 1 atom stereocenters. The summed E-state index contributed by atoms with van der Waals surface area (Å²) in [7, 11) is 0. The zero-order valence-electron chi connectivity index (χ0n) is 13.1. The van der Waals surface area contributed by atoms with Crippen LogP contribution in [0.1, 0.15) is 31.9 Å². The molecule has 2 heteroatoms. The quantitative estimate of drug-likeness (QED) is 0.833. The zero-order valence-corrected chi connectivity index (χ0v) is 13.1. The van der Waals surface area contributed by atoms with Crippen LogP contribution in [0, 0.1) is 5.82 Å². The lowest BCUT2D eigenvalue weighted by molar-refractivity contribution is 0.425. The molecule has 2 aromatic carbocycles. The standard InChI is InChI=1S/C19H24FN/c1-15(13-16-9-7-8-12-18(16)20)21-14-19(2,3)17-10-5-4-6-11-17/h4-12,15,21H,13-14H2,1-3H3. The molecule has 0 saturated heterocycles. The van der Waals surface area contributed by atoms with E-state index in [1.807, 2.05) is 18.2 Å². The van der Waals surface area contributed by atoms with E-state index in [0.717, 1.165) is 12.1 Å². The normalized spacial score (nSPS) is 13.1. The summed E-state index contributed by atoms with van der Waals surface area (Å²) in [5.41, 5.74) is 2.15. The van der Waals surface area contributed by atoms with Gasteiger partial charge in [-0.05, 0) is 30.5 Å². The monoisotopic (exact) mass is 285 g/mol. The average Bonchev–Trinajstić information content (AvgIpc) is 2.49. The highest BCUT2D eigenvalue weighted by molar-refractivity contribution is 5.24. The van der Waals surface area contributed by atoms with E-state index in [1.54, 1.807) is 6.07 Å². The van der Waals surface area contributed by atoms with E-state index in [1.165, 1.54) is 11.6 Å². The van der Waals surface area contributed by atoms with Crippen molar-refractivity contribution in [3.05, 3.63) is 71.5 Å². The number of nitrogens with one attached hydrogen (secondary N) is 1. The molecule has 0 radical (unpaired) electrons. The van der Waals surface area contributed by atoms with Gasteiger partial charge in [-0.15, -0.1) is 0 Å². The van der Waals surface area contributed by atoms with Gasteiger partial charge in [-0.25, -0.2) is 4.39 Å². The largest absolute Gasteiger partial charge is 0.313 e. The van der Waals surface area contributed by atoms with E-state index in [4.69, 9.17) is 0 Å². The van der Waals surface area contributed by atoms with Crippen LogP contribution in [0.5, 0.6) is 0 Å². The number of benzene rings is 2. The van der Waals surface area contributed by atoms with Gasteiger partial charge in [-0.1, -0.05) is 62.4 Å². The van der Waals surface area contributed by atoms with Crippen LogP contribution in [0.2, 0.25) is 0 Å². The molecular weight excluding hydrogens is 261 g/mol. The van der Waals surface area contributed by atoms with Crippen molar-refractivity contribution in [2.45, 2.75) is 38.6 Å². The van der Waals surface area contributed by atoms with Gasteiger partial charge in [0.2, 0.25) is 0 Å². The van der Waals surface area contributed by atoms with E-state index < -0.39 is 0 Å². The SMILES string of the molecule is CC(Cc1ccccc1F)NCC(C)(C)c1ccccc1. The first-order valence-electron chi connectivity index (χ1n) is 7.51. The van der Waals surface area contributed by atoms with Crippen LogP contribution in [0.25, 0.3) is 0 Å². The number of hydrogen-bond acceptors (Lipinski definition) is 1. The summed E-state index contributed by atoms with van der Waals surface area (Å²) in [5, 5.41) is 3.53. The molecule has 0 aliphatic carbocycles. The summed E-state index contributed by atoms with van der Waals surface area (Å²) in [6.45, 7) is 7.43. The Morgan fingerprint density at radius 3 is 2.29 bits per heavy atom. The number of halogens is 1. The fraction of sp³-hybridized carbons (Fsp3) is 0.368. The maximum Gasteiger partial charge on any atom is 0.126 e. The summed E-state index contributed by atoms with van der Waals surface area (Å²) < 4.78 is 13.7. The van der Waals surface area contributed by atoms with Crippen molar-refractivity contribution in [2.24, 2.45) is 0 Å². The minimum atomic E-state index is -0.117. The minimum absolute atomic E-state index is 0.0603. The molecule has 0 heterocycles. The van der Waals surface area contributed by atoms with Crippen LogP contribution in [0.15, 0.2) is 54.6 Å². The Morgan fingerprint density at radius 2 is 1.62 bits per heavy atom. The molecule has 0 aliphatic heterocycles. The highest BCUT2D eigenvalue weighted by Crippen LogP contribution is 2.22. The van der Waals surface area contributed by atoms with Crippen molar-refractivity contribution < 1.29 is 4.39 Å². The Labute approximate surface area is 127 Å². The van der Waals surface area contributed by atoms with Crippen LogP contribution >= 0.6 is 0 Å². The summed E-state index contributed by atoms with van der Waals surface area (Å²) in [5.74, 6) is -0.117. The second kappa shape index (κ2) is 6.86. The first-order valence-corrected chi connectivity index (χ1v) is 7.51. The maximum absolute atomic E-state index is 13.7. The van der Waals surface area contributed by atoms with Gasteiger partial charge in [0.1, 0.15) is 5.82 Å². The first-order chi connectivity index (χ1) is 9.99. The zero-order chi connectivity index (χ0) is 15.3. The molecule has 2 aromatic rings. The van der Waals surface area contributed by atoms with Gasteiger partial charge in [-0.2, -0.15) is 0 Å². The third-order valence-electron chi connectivity index (χ3n) is 3.93.